The number of hydrogen-bond acceptors (Lipinski definition) is 10. The summed E-state index contributed by atoms with van der Waals surface area (Å²) in [5.74, 6) is 0.514. The van der Waals surface area contributed by atoms with Crippen LogP contribution >= 0.6 is 0 Å². The van der Waals surface area contributed by atoms with Crippen molar-refractivity contribution in [1.29, 1.82) is 10.7 Å². The lowest BCUT2D eigenvalue weighted by Crippen LogP contribution is -2.46. The van der Waals surface area contributed by atoms with Crippen LogP contribution < -0.4 is 21.3 Å². The van der Waals surface area contributed by atoms with Gasteiger partial charge in [-0.05, 0) is 54.8 Å². The molecule has 5 N–H and O–H groups in total. The number of rotatable bonds is 8. The number of nitrogens with one attached hydrogen (secondary N) is 3. The molecule has 1 atom stereocenters. The van der Waals surface area contributed by atoms with Gasteiger partial charge in [-0.25, -0.2) is 0 Å². The predicted octanol–water partition coefficient (Wildman–Crippen LogP) is 2.00. The van der Waals surface area contributed by atoms with E-state index in [1.54, 1.807) is 29.2 Å². The Bertz CT molecular complexity index is 1380. The van der Waals surface area contributed by atoms with E-state index in [0.29, 0.717) is 68.0 Å². The Hall–Kier alpha value is -4.60. The van der Waals surface area contributed by atoms with Gasteiger partial charge < -0.3 is 30.9 Å². The van der Waals surface area contributed by atoms with Gasteiger partial charge in [-0.15, -0.1) is 10.2 Å². The van der Waals surface area contributed by atoms with Gasteiger partial charge in [0, 0.05) is 50.0 Å². The van der Waals surface area contributed by atoms with Crippen LogP contribution in [0.2, 0.25) is 0 Å². The normalized spacial score (nSPS) is 17.2. The third-order valence-electron chi connectivity index (χ3n) is 7.01. The number of amidine groups is 1. The summed E-state index contributed by atoms with van der Waals surface area (Å²) in [4.78, 5) is 21.3. The molecule has 3 aromatic rings. The van der Waals surface area contributed by atoms with Crippen LogP contribution in [0.4, 0.5) is 17.5 Å². The number of nitrogens with zero attached hydrogens (tertiary/aromatic N) is 6. The Balaban J connectivity index is 1.25. The minimum atomic E-state index is -0.242. The summed E-state index contributed by atoms with van der Waals surface area (Å²) < 4.78 is 5.33. The number of amides is 1. The van der Waals surface area contributed by atoms with Crippen molar-refractivity contribution in [2.24, 2.45) is 5.73 Å². The van der Waals surface area contributed by atoms with Gasteiger partial charge in [0.2, 0.25) is 5.95 Å². The number of nitriles is 1. The summed E-state index contributed by atoms with van der Waals surface area (Å²) in [5.41, 5.74) is 8.97. The van der Waals surface area contributed by atoms with Crippen molar-refractivity contribution in [3.05, 3.63) is 70.9 Å². The van der Waals surface area contributed by atoms with Crippen LogP contribution in [0.15, 0.2) is 48.5 Å². The van der Waals surface area contributed by atoms with Crippen molar-refractivity contribution in [3.8, 4) is 6.07 Å². The van der Waals surface area contributed by atoms with Crippen LogP contribution in [-0.2, 0) is 11.3 Å². The molecule has 2 aliphatic heterocycles. The topological polar surface area (TPSA) is 169 Å². The highest BCUT2D eigenvalue weighted by atomic mass is 16.5. The molecule has 0 bridgehead atoms. The Labute approximate surface area is 232 Å². The summed E-state index contributed by atoms with van der Waals surface area (Å²) in [6, 6.07) is 17.1. The number of nitrogens with two attached hydrogens (primary N) is 1. The van der Waals surface area contributed by atoms with Crippen LogP contribution in [0.1, 0.15) is 40.0 Å². The molecule has 1 amide bonds. The molecule has 2 saturated heterocycles. The van der Waals surface area contributed by atoms with E-state index in [0.717, 1.165) is 24.9 Å². The van der Waals surface area contributed by atoms with Gasteiger partial charge in [0.25, 0.3) is 5.91 Å². The minimum absolute atomic E-state index is 0.0299. The Kier molecular flexibility index (Phi) is 8.44. The quantitative estimate of drug-likeness (QED) is 0.245. The van der Waals surface area contributed by atoms with Crippen molar-refractivity contribution in [2.75, 3.05) is 49.6 Å². The second-order valence-corrected chi connectivity index (χ2v) is 9.80. The Morgan fingerprint density at radius 1 is 1.10 bits per heavy atom. The molecule has 0 radical (unpaired) electrons. The highest BCUT2D eigenvalue weighted by Crippen LogP contribution is 2.23. The predicted molar refractivity (Wildman–Crippen MR) is 151 cm³/mol. The first-order chi connectivity index (χ1) is 19.5. The maximum Gasteiger partial charge on any atom is 0.254 e. The van der Waals surface area contributed by atoms with Gasteiger partial charge in [0.1, 0.15) is 5.84 Å². The molecule has 0 aliphatic carbocycles. The van der Waals surface area contributed by atoms with E-state index in [2.05, 4.69) is 36.8 Å². The summed E-state index contributed by atoms with van der Waals surface area (Å²) in [6.07, 6.45) is 1.98. The Morgan fingerprint density at radius 2 is 1.85 bits per heavy atom. The van der Waals surface area contributed by atoms with Gasteiger partial charge in [0.15, 0.2) is 11.5 Å². The third-order valence-corrected chi connectivity index (χ3v) is 7.01. The van der Waals surface area contributed by atoms with Crippen molar-refractivity contribution in [1.82, 2.24) is 25.4 Å². The number of benzene rings is 2. The first-order valence-electron chi connectivity index (χ1n) is 13.3. The van der Waals surface area contributed by atoms with Crippen LogP contribution in [-0.4, -0.2) is 77.3 Å². The van der Waals surface area contributed by atoms with E-state index in [-0.39, 0.29) is 23.5 Å². The maximum absolute atomic E-state index is 12.8. The van der Waals surface area contributed by atoms with E-state index >= 15 is 0 Å². The molecule has 12 heteroatoms. The molecule has 5 rings (SSSR count). The first kappa shape index (κ1) is 27.0. The Morgan fingerprint density at radius 3 is 2.55 bits per heavy atom. The number of anilines is 3. The van der Waals surface area contributed by atoms with Gasteiger partial charge >= 0.3 is 0 Å². The number of piperidine rings is 1. The number of carbonyl (C=O) groups excluding carboxylic acids is 1. The number of carbonyl (C=O) groups is 1. The van der Waals surface area contributed by atoms with Crippen molar-refractivity contribution in [2.45, 2.75) is 25.4 Å². The van der Waals surface area contributed by atoms with Crippen molar-refractivity contribution < 1.29 is 9.53 Å². The monoisotopic (exact) mass is 540 g/mol. The standard InChI is InChI=1S/C28H32N10O2/c29-16-19-3-5-20(6-4-19)17-32-23-2-1-11-38(18-23)28-34-26(24(25(30)31)35-36-28)33-22-9-7-21(8-10-22)27(39)37-12-14-40-15-13-37/h3-10,23,32H,1-2,11-15,17-18H2,(H3,30,31)(H,33,34,36)/t23-/m1/s1. The molecule has 1 aromatic heterocycles. The molecule has 0 saturated carbocycles. The fourth-order valence-corrected chi connectivity index (χ4v) is 4.79. The van der Waals surface area contributed by atoms with Crippen LogP contribution in [0.3, 0.4) is 0 Å². The zero-order chi connectivity index (χ0) is 27.9. The lowest BCUT2D eigenvalue weighted by atomic mass is 10.1. The van der Waals surface area contributed by atoms with E-state index < -0.39 is 0 Å². The van der Waals surface area contributed by atoms with Gasteiger partial charge in [0.05, 0.1) is 24.8 Å². The molecular weight excluding hydrogens is 508 g/mol. The fraction of sp³-hybridized carbons (Fsp3) is 0.357. The zero-order valence-corrected chi connectivity index (χ0v) is 22.1. The summed E-state index contributed by atoms with van der Waals surface area (Å²) in [7, 11) is 0. The average Bonchev–Trinajstić information content (AvgIpc) is 3.01. The molecule has 206 valence electrons. The summed E-state index contributed by atoms with van der Waals surface area (Å²) in [5, 5.41) is 32.2. The van der Waals surface area contributed by atoms with Gasteiger partial charge in [-0.1, -0.05) is 12.1 Å². The number of ether oxygens (including phenoxy) is 1. The molecule has 0 unspecified atom stereocenters. The average molecular weight is 541 g/mol. The van der Waals surface area contributed by atoms with Crippen LogP contribution in [0.5, 0.6) is 0 Å². The van der Waals surface area contributed by atoms with E-state index in [9.17, 15) is 4.79 Å². The third kappa shape index (κ3) is 6.51. The van der Waals surface area contributed by atoms with Crippen molar-refractivity contribution in [3.63, 3.8) is 0 Å². The number of nitrogen functional groups attached to an aromatic ring is 1. The SMILES string of the molecule is N#Cc1ccc(CN[C@@H]2CCCN(c3nnc(C(=N)N)c(Nc4ccc(C(=O)N5CCOCC5)cc4)n3)C2)cc1. The molecule has 3 heterocycles. The molecule has 2 fully saturated rings. The zero-order valence-electron chi connectivity index (χ0n) is 22.1. The van der Waals surface area contributed by atoms with Gasteiger partial charge in [-0.2, -0.15) is 10.2 Å². The number of aromatic nitrogens is 3. The lowest BCUT2D eigenvalue weighted by molar-refractivity contribution is 0.0303. The number of morpholine rings is 1. The minimum Gasteiger partial charge on any atom is -0.382 e. The molecule has 40 heavy (non-hydrogen) atoms. The molecule has 2 aliphatic rings. The maximum atomic E-state index is 12.8. The molecule has 12 nitrogen and oxygen atoms in total. The first-order valence-corrected chi connectivity index (χ1v) is 13.3. The second-order valence-electron chi connectivity index (χ2n) is 9.80. The molecule has 2 aromatic carbocycles. The summed E-state index contributed by atoms with van der Waals surface area (Å²) >= 11 is 0. The smallest absolute Gasteiger partial charge is 0.254 e. The number of hydrogen-bond donors (Lipinski definition) is 4. The van der Waals surface area contributed by atoms with Gasteiger partial charge in [-0.3, -0.25) is 10.2 Å². The molecule has 0 spiro atoms. The van der Waals surface area contributed by atoms with E-state index in [1.165, 1.54) is 0 Å². The van der Waals surface area contributed by atoms with Crippen molar-refractivity contribution >= 4 is 29.2 Å². The van der Waals surface area contributed by atoms with E-state index in [1.807, 2.05) is 24.3 Å². The second kappa shape index (κ2) is 12.5. The fourth-order valence-electron chi connectivity index (χ4n) is 4.79. The van der Waals surface area contributed by atoms with Crippen LogP contribution in [0.25, 0.3) is 0 Å². The largest absolute Gasteiger partial charge is 0.382 e. The van der Waals surface area contributed by atoms with E-state index in [4.69, 9.17) is 21.1 Å². The molecular formula is C28H32N10O2. The van der Waals surface area contributed by atoms with Crippen LogP contribution in [0, 0.1) is 16.7 Å². The lowest BCUT2D eigenvalue weighted by Gasteiger charge is -2.33. The highest BCUT2D eigenvalue weighted by molar-refractivity contribution is 5.98. The highest BCUT2D eigenvalue weighted by Gasteiger charge is 2.24. The summed E-state index contributed by atoms with van der Waals surface area (Å²) in [6.45, 7) is 4.45.